The van der Waals surface area contributed by atoms with Crippen LogP contribution in [-0.4, -0.2) is 60.8 Å². The summed E-state index contributed by atoms with van der Waals surface area (Å²) in [7, 11) is 0. The fourth-order valence-corrected chi connectivity index (χ4v) is 3.98. The lowest BCUT2D eigenvalue weighted by Crippen LogP contribution is -2.38. The van der Waals surface area contributed by atoms with E-state index in [1.807, 2.05) is 18.2 Å². The molecule has 2 aliphatic heterocycles. The van der Waals surface area contributed by atoms with Crippen LogP contribution in [0.5, 0.6) is 5.75 Å². The molecule has 2 N–H and O–H groups in total. The van der Waals surface area contributed by atoms with Crippen LogP contribution in [0.4, 0.5) is 13.2 Å². The molecular weight excluding hydrogens is 407 g/mol. The van der Waals surface area contributed by atoms with Crippen LogP contribution in [0.3, 0.4) is 0 Å². The number of aliphatic imine (C=N–C) groups is 1. The van der Waals surface area contributed by atoms with Crippen molar-refractivity contribution >= 4 is 5.84 Å². The van der Waals surface area contributed by atoms with Gasteiger partial charge in [0.2, 0.25) is 0 Å². The lowest BCUT2D eigenvalue weighted by Gasteiger charge is -2.22. The molecule has 2 heterocycles. The van der Waals surface area contributed by atoms with Crippen LogP contribution in [-0.2, 0) is 6.18 Å². The van der Waals surface area contributed by atoms with Gasteiger partial charge in [-0.3, -0.25) is 4.99 Å². The van der Waals surface area contributed by atoms with Crippen molar-refractivity contribution in [3.05, 3.63) is 53.6 Å². The number of hydrogen-bond acceptors (Lipinski definition) is 5. The van der Waals surface area contributed by atoms with Gasteiger partial charge >= 0.3 is 6.18 Å². The summed E-state index contributed by atoms with van der Waals surface area (Å²) in [5, 5.41) is 12.9. The molecule has 2 aliphatic rings. The fraction of sp³-hybridized carbons (Fsp3) is 0.435. The van der Waals surface area contributed by atoms with Crippen LogP contribution in [0.15, 0.2) is 47.5 Å². The number of likely N-dealkylation sites (tertiary alicyclic amines) is 1. The molecule has 166 valence electrons. The van der Waals surface area contributed by atoms with Gasteiger partial charge in [-0.15, -0.1) is 0 Å². The van der Waals surface area contributed by atoms with E-state index in [1.54, 1.807) is 6.92 Å². The third kappa shape index (κ3) is 5.02. The van der Waals surface area contributed by atoms with Crippen molar-refractivity contribution in [2.75, 3.05) is 32.8 Å². The van der Waals surface area contributed by atoms with Gasteiger partial charge in [-0.05, 0) is 48.7 Å². The fourth-order valence-electron chi connectivity index (χ4n) is 3.98. The quantitative estimate of drug-likeness (QED) is 0.774. The van der Waals surface area contributed by atoms with E-state index < -0.39 is 17.8 Å². The zero-order chi connectivity index (χ0) is 22.0. The molecule has 0 saturated carbocycles. The van der Waals surface area contributed by atoms with E-state index in [1.165, 1.54) is 12.1 Å². The third-order valence-electron chi connectivity index (χ3n) is 5.57. The van der Waals surface area contributed by atoms with Crippen LogP contribution in [0.2, 0.25) is 0 Å². The normalized spacial score (nSPS) is 20.0. The maximum atomic E-state index is 12.9. The number of halogens is 3. The second kappa shape index (κ2) is 8.88. The third-order valence-corrected chi connectivity index (χ3v) is 5.57. The minimum Gasteiger partial charge on any atom is -0.491 e. The molecule has 0 aromatic heterocycles. The molecule has 2 aromatic carbocycles. The number of amidine groups is 1. The maximum absolute atomic E-state index is 12.9. The lowest BCUT2D eigenvalue weighted by molar-refractivity contribution is -0.137. The molecule has 8 heteroatoms. The van der Waals surface area contributed by atoms with Gasteiger partial charge in [0.25, 0.3) is 0 Å². The molecule has 2 aromatic rings. The van der Waals surface area contributed by atoms with Gasteiger partial charge in [-0.25, -0.2) is 0 Å². The van der Waals surface area contributed by atoms with Gasteiger partial charge in [0.05, 0.1) is 23.8 Å². The van der Waals surface area contributed by atoms with Crippen molar-refractivity contribution in [3.63, 3.8) is 0 Å². The monoisotopic (exact) mass is 433 g/mol. The molecule has 2 unspecified atom stereocenters. The zero-order valence-corrected chi connectivity index (χ0v) is 17.3. The molecule has 31 heavy (non-hydrogen) atoms. The number of hydrogen-bond donors (Lipinski definition) is 2. The number of alkyl halides is 3. The van der Waals surface area contributed by atoms with Crippen molar-refractivity contribution in [2.24, 2.45) is 4.99 Å². The predicted molar refractivity (Wildman–Crippen MR) is 113 cm³/mol. The zero-order valence-electron chi connectivity index (χ0n) is 17.3. The highest BCUT2D eigenvalue weighted by molar-refractivity contribution is 6.02. The van der Waals surface area contributed by atoms with Gasteiger partial charge in [0, 0.05) is 25.7 Å². The molecule has 0 radical (unpaired) electrons. The van der Waals surface area contributed by atoms with E-state index in [2.05, 4.69) is 10.2 Å². The van der Waals surface area contributed by atoms with E-state index in [0.29, 0.717) is 25.3 Å². The van der Waals surface area contributed by atoms with E-state index in [9.17, 15) is 18.3 Å². The van der Waals surface area contributed by atoms with E-state index in [0.717, 1.165) is 54.4 Å². The smallest absolute Gasteiger partial charge is 0.416 e. The Morgan fingerprint density at radius 1 is 1.19 bits per heavy atom. The van der Waals surface area contributed by atoms with Gasteiger partial charge in [-0.1, -0.05) is 18.2 Å². The summed E-state index contributed by atoms with van der Waals surface area (Å²) in [5.74, 6) is 1.58. The molecule has 0 aliphatic carbocycles. The molecule has 4 rings (SSSR count). The van der Waals surface area contributed by atoms with Crippen molar-refractivity contribution in [1.29, 1.82) is 0 Å². The Morgan fingerprint density at radius 2 is 1.94 bits per heavy atom. The Labute approximate surface area is 179 Å². The molecule has 5 nitrogen and oxygen atoms in total. The van der Waals surface area contributed by atoms with E-state index in [-0.39, 0.29) is 6.04 Å². The first-order chi connectivity index (χ1) is 14.8. The summed E-state index contributed by atoms with van der Waals surface area (Å²) < 4.78 is 44.5. The topological polar surface area (TPSA) is 57.1 Å². The number of aliphatic hydroxyl groups excluding tert-OH is 1. The van der Waals surface area contributed by atoms with Crippen molar-refractivity contribution in [1.82, 2.24) is 10.2 Å². The average Bonchev–Trinajstić information content (AvgIpc) is 3.11. The molecular formula is C23H26F3N3O2. The molecule has 0 amide bonds. The Hall–Kier alpha value is -2.58. The number of benzene rings is 2. The summed E-state index contributed by atoms with van der Waals surface area (Å²) in [6.45, 7) is 4.93. The summed E-state index contributed by atoms with van der Waals surface area (Å²) in [4.78, 5) is 6.96. The van der Waals surface area contributed by atoms with Crippen molar-refractivity contribution in [2.45, 2.75) is 31.7 Å². The number of nitrogens with one attached hydrogen (secondary N) is 1. The summed E-state index contributed by atoms with van der Waals surface area (Å²) >= 11 is 0. The van der Waals surface area contributed by atoms with Gasteiger partial charge in [0.1, 0.15) is 18.2 Å². The second-order valence-corrected chi connectivity index (χ2v) is 8.03. The van der Waals surface area contributed by atoms with E-state index >= 15 is 0 Å². The van der Waals surface area contributed by atoms with Crippen molar-refractivity contribution in [3.8, 4) is 16.9 Å². The van der Waals surface area contributed by atoms with Gasteiger partial charge < -0.3 is 20.1 Å². The molecule has 2 atom stereocenters. The molecule has 0 bridgehead atoms. The molecule has 1 fully saturated rings. The number of nitrogens with zero attached hydrogens (tertiary/aromatic N) is 2. The standard InChI is InChI=1S/C23H26F3N3O2/c1-15(30)13-28-19-8-10-29(14-19)22-20-12-17(4-7-21(20)31-11-9-27-22)16-2-5-18(6-3-16)23(24,25)26/h2-7,12,15,19,28,30H,8-11,13-14H2,1H3. The number of rotatable bonds is 4. The van der Waals surface area contributed by atoms with Crippen LogP contribution in [0, 0.1) is 0 Å². The number of aliphatic hydroxyl groups is 1. The summed E-state index contributed by atoms with van der Waals surface area (Å²) in [5.41, 5.74) is 1.71. The highest BCUT2D eigenvalue weighted by Crippen LogP contribution is 2.33. The SMILES string of the molecule is CC(O)CNC1CCN(C2=NCCOc3ccc(-c4ccc(C(F)(F)F)cc4)cc32)C1. The van der Waals surface area contributed by atoms with Crippen LogP contribution in [0.1, 0.15) is 24.5 Å². The first-order valence-electron chi connectivity index (χ1n) is 10.5. The minimum atomic E-state index is -4.35. The average molecular weight is 433 g/mol. The summed E-state index contributed by atoms with van der Waals surface area (Å²) in [6, 6.07) is 11.1. The van der Waals surface area contributed by atoms with Crippen LogP contribution in [0.25, 0.3) is 11.1 Å². The molecule has 1 saturated heterocycles. The highest BCUT2D eigenvalue weighted by Gasteiger charge is 2.30. The largest absolute Gasteiger partial charge is 0.491 e. The first kappa shape index (κ1) is 21.6. The highest BCUT2D eigenvalue weighted by atomic mass is 19.4. The Morgan fingerprint density at radius 3 is 2.65 bits per heavy atom. The number of fused-ring (bicyclic) bond motifs is 1. The van der Waals surface area contributed by atoms with Crippen molar-refractivity contribution < 1.29 is 23.0 Å². The Kier molecular flexibility index (Phi) is 6.20. The van der Waals surface area contributed by atoms with Gasteiger partial charge in [0.15, 0.2) is 0 Å². The lowest BCUT2D eigenvalue weighted by atomic mass is 10.00. The number of ether oxygens (including phenoxy) is 1. The van der Waals surface area contributed by atoms with Crippen LogP contribution >= 0.6 is 0 Å². The van der Waals surface area contributed by atoms with Gasteiger partial charge in [-0.2, -0.15) is 13.2 Å². The first-order valence-corrected chi connectivity index (χ1v) is 10.5. The molecule has 0 spiro atoms. The Bertz CT molecular complexity index is 942. The minimum absolute atomic E-state index is 0.267. The predicted octanol–water partition coefficient (Wildman–Crippen LogP) is 3.56. The Balaban J connectivity index is 1.59. The van der Waals surface area contributed by atoms with Crippen LogP contribution < -0.4 is 10.1 Å². The summed E-state index contributed by atoms with van der Waals surface area (Å²) in [6.07, 6.45) is -3.81. The van der Waals surface area contributed by atoms with E-state index in [4.69, 9.17) is 9.73 Å². The maximum Gasteiger partial charge on any atom is 0.416 e. The second-order valence-electron chi connectivity index (χ2n) is 8.03.